The van der Waals surface area contributed by atoms with E-state index in [1.54, 1.807) is 29.1 Å². The average molecular weight is 277 g/mol. The Balaban J connectivity index is 1.95. The molecule has 0 unspecified atom stereocenters. The minimum atomic E-state index is -0.775. The number of nitrogens with zero attached hydrogens (tertiary/aromatic N) is 3. The summed E-state index contributed by atoms with van der Waals surface area (Å²) in [6, 6.07) is 6.08. The van der Waals surface area contributed by atoms with Crippen LogP contribution in [0.1, 0.15) is 5.82 Å². The van der Waals surface area contributed by atoms with Crippen molar-refractivity contribution in [1.82, 2.24) is 9.55 Å². The minimum Gasteiger partial charge on any atom is -0.484 e. The molecule has 0 bridgehead atoms. The lowest BCUT2D eigenvalue weighted by Crippen LogP contribution is -2.24. The average Bonchev–Trinajstić information content (AvgIpc) is 2.82. The van der Waals surface area contributed by atoms with Crippen molar-refractivity contribution in [2.24, 2.45) is 0 Å². The first-order chi connectivity index (χ1) is 9.58. The maximum absolute atomic E-state index is 10.8. The van der Waals surface area contributed by atoms with Gasteiger partial charge in [0.15, 0.2) is 5.75 Å². The second kappa shape index (κ2) is 6.16. The Morgan fingerprint density at radius 2 is 2.25 bits per heavy atom. The van der Waals surface area contributed by atoms with Gasteiger partial charge in [-0.05, 0) is 13.0 Å². The molecule has 0 aliphatic rings. The number of nitro groups is 1. The van der Waals surface area contributed by atoms with E-state index < -0.39 is 11.0 Å². The predicted octanol–water partition coefficient (Wildman–Crippen LogP) is 1.54. The van der Waals surface area contributed by atoms with E-state index in [0.29, 0.717) is 6.54 Å². The van der Waals surface area contributed by atoms with E-state index >= 15 is 0 Å². The van der Waals surface area contributed by atoms with Crippen molar-refractivity contribution in [2.45, 2.75) is 19.6 Å². The van der Waals surface area contributed by atoms with Crippen LogP contribution < -0.4 is 4.74 Å². The molecule has 0 aliphatic carbocycles. The Morgan fingerprint density at radius 3 is 2.90 bits per heavy atom. The van der Waals surface area contributed by atoms with Gasteiger partial charge in [0.1, 0.15) is 18.5 Å². The van der Waals surface area contributed by atoms with Gasteiger partial charge in [0.2, 0.25) is 0 Å². The largest absolute Gasteiger partial charge is 0.484 e. The van der Waals surface area contributed by atoms with E-state index in [4.69, 9.17) is 4.74 Å². The Bertz CT molecular complexity index is 597. The smallest absolute Gasteiger partial charge is 0.310 e. The molecule has 2 aromatic rings. The van der Waals surface area contributed by atoms with E-state index in [9.17, 15) is 15.2 Å². The molecule has 0 spiro atoms. The Kier molecular flexibility index (Phi) is 4.31. The molecule has 1 aromatic carbocycles. The molecule has 2 rings (SSSR count). The molecular formula is C13H15N3O4. The summed E-state index contributed by atoms with van der Waals surface area (Å²) in [6.07, 6.45) is 2.62. The van der Waals surface area contributed by atoms with Crippen molar-refractivity contribution in [3.63, 3.8) is 0 Å². The lowest BCUT2D eigenvalue weighted by atomic mass is 10.3. The number of aliphatic hydroxyl groups is 1. The van der Waals surface area contributed by atoms with Gasteiger partial charge in [-0.25, -0.2) is 4.98 Å². The fourth-order valence-corrected chi connectivity index (χ4v) is 1.79. The van der Waals surface area contributed by atoms with E-state index in [-0.39, 0.29) is 18.0 Å². The molecule has 1 heterocycles. The molecule has 1 aromatic heterocycles. The minimum absolute atomic E-state index is 0.0253. The SMILES string of the molecule is Cc1nccn1C[C@@H](O)COc1ccccc1[N+](=O)[O-]. The van der Waals surface area contributed by atoms with Crippen molar-refractivity contribution in [1.29, 1.82) is 0 Å². The lowest BCUT2D eigenvalue weighted by molar-refractivity contribution is -0.385. The molecule has 0 radical (unpaired) electrons. The third-order valence-electron chi connectivity index (χ3n) is 2.82. The van der Waals surface area contributed by atoms with Gasteiger partial charge >= 0.3 is 5.69 Å². The van der Waals surface area contributed by atoms with E-state index in [0.717, 1.165) is 5.82 Å². The van der Waals surface area contributed by atoms with Crippen LogP contribution in [0.15, 0.2) is 36.7 Å². The number of benzene rings is 1. The van der Waals surface area contributed by atoms with Gasteiger partial charge in [0.05, 0.1) is 11.5 Å². The Morgan fingerprint density at radius 1 is 1.50 bits per heavy atom. The van der Waals surface area contributed by atoms with Crippen LogP contribution in [-0.2, 0) is 6.54 Å². The van der Waals surface area contributed by atoms with Crippen LogP contribution in [0.4, 0.5) is 5.69 Å². The zero-order chi connectivity index (χ0) is 14.5. The maximum Gasteiger partial charge on any atom is 0.310 e. The van der Waals surface area contributed by atoms with Crippen molar-refractivity contribution in [2.75, 3.05) is 6.61 Å². The zero-order valence-electron chi connectivity index (χ0n) is 11.0. The summed E-state index contributed by atoms with van der Waals surface area (Å²) in [5.74, 6) is 0.939. The summed E-state index contributed by atoms with van der Waals surface area (Å²) in [7, 11) is 0. The summed E-state index contributed by atoms with van der Waals surface area (Å²) < 4.78 is 7.11. The highest BCUT2D eigenvalue weighted by Gasteiger charge is 2.15. The number of ether oxygens (including phenoxy) is 1. The number of aryl methyl sites for hydroxylation is 1. The molecule has 0 fully saturated rings. The first-order valence-corrected chi connectivity index (χ1v) is 6.10. The van der Waals surface area contributed by atoms with Crippen LogP contribution >= 0.6 is 0 Å². The molecule has 20 heavy (non-hydrogen) atoms. The molecule has 1 atom stereocenters. The highest BCUT2D eigenvalue weighted by molar-refractivity contribution is 5.45. The molecular weight excluding hydrogens is 262 g/mol. The Labute approximate surface area is 115 Å². The predicted molar refractivity (Wildman–Crippen MR) is 71.6 cm³/mol. The van der Waals surface area contributed by atoms with Gasteiger partial charge in [-0.15, -0.1) is 0 Å². The summed E-state index contributed by atoms with van der Waals surface area (Å²) in [6.45, 7) is 2.13. The van der Waals surface area contributed by atoms with Crippen molar-refractivity contribution < 1.29 is 14.8 Å². The third-order valence-corrected chi connectivity index (χ3v) is 2.82. The fraction of sp³-hybridized carbons (Fsp3) is 0.308. The van der Waals surface area contributed by atoms with Crippen LogP contribution in [0.5, 0.6) is 5.75 Å². The highest BCUT2D eigenvalue weighted by Crippen LogP contribution is 2.25. The van der Waals surface area contributed by atoms with E-state index in [2.05, 4.69) is 4.98 Å². The normalized spacial score (nSPS) is 12.1. The van der Waals surface area contributed by atoms with E-state index in [1.165, 1.54) is 12.1 Å². The maximum atomic E-state index is 10.8. The van der Waals surface area contributed by atoms with Gasteiger partial charge in [-0.3, -0.25) is 10.1 Å². The van der Waals surface area contributed by atoms with Crippen LogP contribution in [0.2, 0.25) is 0 Å². The van der Waals surface area contributed by atoms with Gasteiger partial charge in [-0.2, -0.15) is 0 Å². The summed E-state index contributed by atoms with van der Waals surface area (Å²) >= 11 is 0. The number of nitro benzene ring substituents is 1. The Hall–Kier alpha value is -2.41. The van der Waals surface area contributed by atoms with Crippen molar-refractivity contribution >= 4 is 5.69 Å². The molecule has 0 saturated heterocycles. The lowest BCUT2D eigenvalue weighted by Gasteiger charge is -2.13. The first-order valence-electron chi connectivity index (χ1n) is 6.10. The third kappa shape index (κ3) is 3.33. The first kappa shape index (κ1) is 14.0. The molecule has 0 aliphatic heterocycles. The summed E-state index contributed by atoms with van der Waals surface area (Å²) in [5, 5.41) is 20.7. The molecule has 106 valence electrons. The second-order valence-corrected chi connectivity index (χ2v) is 4.32. The number of aromatic nitrogens is 2. The van der Waals surface area contributed by atoms with Crippen LogP contribution in [0.25, 0.3) is 0 Å². The molecule has 1 N–H and O–H groups in total. The molecule has 7 heteroatoms. The van der Waals surface area contributed by atoms with Gasteiger partial charge in [-0.1, -0.05) is 12.1 Å². The van der Waals surface area contributed by atoms with Crippen molar-refractivity contribution in [3.05, 3.63) is 52.6 Å². The number of para-hydroxylation sites is 2. The van der Waals surface area contributed by atoms with E-state index in [1.807, 2.05) is 6.92 Å². The molecule has 0 amide bonds. The second-order valence-electron chi connectivity index (χ2n) is 4.32. The number of hydrogen-bond donors (Lipinski definition) is 1. The number of imidazole rings is 1. The quantitative estimate of drug-likeness (QED) is 0.639. The van der Waals surface area contributed by atoms with Gasteiger partial charge < -0.3 is 14.4 Å². The zero-order valence-corrected chi connectivity index (χ0v) is 11.0. The number of aliphatic hydroxyl groups excluding tert-OH is 1. The van der Waals surface area contributed by atoms with Crippen LogP contribution in [0.3, 0.4) is 0 Å². The van der Waals surface area contributed by atoms with Crippen LogP contribution in [0, 0.1) is 17.0 Å². The standard InChI is InChI=1S/C13H15N3O4/c1-10-14-6-7-15(10)8-11(17)9-20-13-5-3-2-4-12(13)16(18)19/h2-7,11,17H,8-9H2,1H3/t11-/m1/s1. The highest BCUT2D eigenvalue weighted by atomic mass is 16.6. The van der Waals surface area contributed by atoms with Crippen LogP contribution in [-0.4, -0.2) is 32.3 Å². The number of hydrogen-bond acceptors (Lipinski definition) is 5. The number of rotatable bonds is 6. The summed E-state index contributed by atoms with van der Waals surface area (Å²) in [4.78, 5) is 14.4. The summed E-state index contributed by atoms with van der Waals surface area (Å²) in [5.41, 5.74) is -0.112. The molecule has 7 nitrogen and oxygen atoms in total. The topological polar surface area (TPSA) is 90.4 Å². The fourth-order valence-electron chi connectivity index (χ4n) is 1.79. The van der Waals surface area contributed by atoms with Gasteiger partial charge in [0, 0.05) is 18.5 Å². The van der Waals surface area contributed by atoms with Gasteiger partial charge in [0.25, 0.3) is 0 Å². The molecule has 0 saturated carbocycles. The van der Waals surface area contributed by atoms with Crippen molar-refractivity contribution in [3.8, 4) is 5.75 Å². The monoisotopic (exact) mass is 277 g/mol.